The van der Waals surface area contributed by atoms with Crippen LogP contribution < -0.4 is 5.32 Å². The van der Waals surface area contributed by atoms with Gasteiger partial charge in [0, 0.05) is 27.9 Å². The van der Waals surface area contributed by atoms with Gasteiger partial charge >= 0.3 is 0 Å². The lowest BCUT2D eigenvalue weighted by atomic mass is 10.0. The summed E-state index contributed by atoms with van der Waals surface area (Å²) < 4.78 is 0. The van der Waals surface area contributed by atoms with Crippen LogP contribution in [0.2, 0.25) is 0 Å². The van der Waals surface area contributed by atoms with Crippen LogP contribution in [0.1, 0.15) is 43.9 Å². The average Bonchev–Trinajstić information content (AvgIpc) is 3.08. The molecule has 2 unspecified atom stereocenters. The molecule has 0 saturated heterocycles. The van der Waals surface area contributed by atoms with Crippen molar-refractivity contribution in [1.29, 1.82) is 0 Å². The number of rotatable bonds is 4. The Labute approximate surface area is 130 Å². The minimum Gasteiger partial charge on any atom is -0.309 e. The molecule has 1 saturated carbocycles. The lowest BCUT2D eigenvalue weighted by molar-refractivity contribution is 0.449. The van der Waals surface area contributed by atoms with Crippen LogP contribution in [0, 0.1) is 5.92 Å². The maximum Gasteiger partial charge on any atom is 0.0351 e. The normalized spacial score (nSPS) is 23.6. The summed E-state index contributed by atoms with van der Waals surface area (Å²) >= 11 is 3.71. The van der Waals surface area contributed by atoms with E-state index in [1.807, 2.05) is 22.7 Å². The van der Waals surface area contributed by atoms with Crippen LogP contribution in [-0.4, -0.2) is 6.04 Å². The summed E-state index contributed by atoms with van der Waals surface area (Å²) in [6, 6.07) is 7.41. The summed E-state index contributed by atoms with van der Waals surface area (Å²) in [7, 11) is 0. The topological polar surface area (TPSA) is 12.0 Å². The summed E-state index contributed by atoms with van der Waals surface area (Å²) in [6.07, 6.45) is 6.91. The highest BCUT2D eigenvalue weighted by atomic mass is 32.1. The van der Waals surface area contributed by atoms with E-state index in [4.69, 9.17) is 0 Å². The molecule has 1 nitrogen and oxygen atoms in total. The van der Waals surface area contributed by atoms with Gasteiger partial charge in [0.25, 0.3) is 0 Å². The molecule has 0 aliphatic heterocycles. The Morgan fingerprint density at radius 3 is 3.00 bits per heavy atom. The van der Waals surface area contributed by atoms with Gasteiger partial charge in [-0.05, 0) is 48.1 Å². The lowest BCUT2D eigenvalue weighted by Gasteiger charge is -2.15. The van der Waals surface area contributed by atoms with Gasteiger partial charge in [0.15, 0.2) is 0 Å². The molecular weight excluding hydrogens is 282 g/mol. The summed E-state index contributed by atoms with van der Waals surface area (Å²) in [5.41, 5.74) is 1.39. The average molecular weight is 306 g/mol. The first kappa shape index (κ1) is 14.3. The maximum absolute atomic E-state index is 3.77. The Morgan fingerprint density at radius 2 is 2.15 bits per heavy atom. The van der Waals surface area contributed by atoms with Gasteiger partial charge in [0.2, 0.25) is 0 Å². The van der Waals surface area contributed by atoms with Crippen LogP contribution >= 0.6 is 22.7 Å². The zero-order chi connectivity index (χ0) is 13.8. The molecule has 0 amide bonds. The van der Waals surface area contributed by atoms with Crippen molar-refractivity contribution in [3.05, 3.63) is 33.8 Å². The first-order valence-corrected chi connectivity index (χ1v) is 9.42. The van der Waals surface area contributed by atoms with Crippen molar-refractivity contribution in [1.82, 2.24) is 5.32 Å². The Hall–Kier alpha value is -0.640. The summed E-state index contributed by atoms with van der Waals surface area (Å²) in [6.45, 7) is 3.43. The highest BCUT2D eigenvalue weighted by Gasteiger charge is 2.15. The molecule has 2 heterocycles. The minimum atomic E-state index is 0.729. The number of hydrogen-bond donors (Lipinski definition) is 1. The van der Waals surface area contributed by atoms with E-state index in [9.17, 15) is 0 Å². The van der Waals surface area contributed by atoms with E-state index in [0.29, 0.717) is 0 Å². The highest BCUT2D eigenvalue weighted by Crippen LogP contribution is 2.29. The van der Waals surface area contributed by atoms with Crippen molar-refractivity contribution in [2.45, 2.75) is 51.6 Å². The van der Waals surface area contributed by atoms with Crippen molar-refractivity contribution in [2.75, 3.05) is 0 Å². The zero-order valence-electron chi connectivity index (χ0n) is 12.1. The molecule has 3 heteroatoms. The van der Waals surface area contributed by atoms with Crippen LogP contribution in [0.15, 0.2) is 29.0 Å². The molecule has 0 bridgehead atoms. The fraction of sp³-hybridized carbons (Fsp3) is 0.529. The van der Waals surface area contributed by atoms with Crippen LogP contribution in [0.4, 0.5) is 0 Å². The van der Waals surface area contributed by atoms with Gasteiger partial charge in [-0.3, -0.25) is 0 Å². The number of hydrogen-bond acceptors (Lipinski definition) is 3. The zero-order valence-corrected chi connectivity index (χ0v) is 13.7. The Kier molecular flexibility index (Phi) is 4.92. The second-order valence-corrected chi connectivity index (χ2v) is 7.91. The molecule has 2 atom stereocenters. The van der Waals surface area contributed by atoms with E-state index in [-0.39, 0.29) is 0 Å². The fourth-order valence-electron chi connectivity index (χ4n) is 2.98. The molecule has 0 aromatic carbocycles. The molecule has 1 aliphatic carbocycles. The van der Waals surface area contributed by atoms with Gasteiger partial charge in [-0.2, -0.15) is 0 Å². The van der Waals surface area contributed by atoms with Crippen molar-refractivity contribution in [3.8, 4) is 10.4 Å². The quantitative estimate of drug-likeness (QED) is 0.732. The maximum atomic E-state index is 3.77. The molecular formula is C17H23NS2. The molecule has 20 heavy (non-hydrogen) atoms. The van der Waals surface area contributed by atoms with Gasteiger partial charge in [0.05, 0.1) is 0 Å². The SMILES string of the molecule is CC1CCCC(NCc2cc(-c3cccs3)cs2)CC1. The van der Waals surface area contributed by atoms with Crippen LogP contribution in [0.3, 0.4) is 0 Å². The van der Waals surface area contributed by atoms with E-state index in [1.165, 1.54) is 47.4 Å². The van der Waals surface area contributed by atoms with E-state index < -0.39 is 0 Å². The summed E-state index contributed by atoms with van der Waals surface area (Å²) in [5, 5.41) is 8.21. The van der Waals surface area contributed by atoms with Gasteiger partial charge < -0.3 is 5.32 Å². The molecule has 3 rings (SSSR count). The van der Waals surface area contributed by atoms with Crippen LogP contribution in [0.5, 0.6) is 0 Å². The molecule has 0 radical (unpaired) electrons. The first-order chi connectivity index (χ1) is 9.81. The largest absolute Gasteiger partial charge is 0.309 e. The number of thiophene rings is 2. The van der Waals surface area contributed by atoms with E-state index in [2.05, 4.69) is 41.2 Å². The van der Waals surface area contributed by atoms with Crippen LogP contribution in [0.25, 0.3) is 10.4 Å². The van der Waals surface area contributed by atoms with Crippen molar-refractivity contribution in [2.24, 2.45) is 5.92 Å². The molecule has 1 aliphatic rings. The predicted octanol–water partition coefficient (Wildman–Crippen LogP) is 5.54. The predicted molar refractivity (Wildman–Crippen MR) is 90.5 cm³/mol. The highest BCUT2D eigenvalue weighted by molar-refractivity contribution is 7.14. The lowest BCUT2D eigenvalue weighted by Crippen LogP contribution is -2.27. The second kappa shape index (κ2) is 6.88. The van der Waals surface area contributed by atoms with Crippen molar-refractivity contribution >= 4 is 22.7 Å². The third-order valence-corrected chi connectivity index (χ3v) is 6.14. The standard InChI is InChI=1S/C17H23NS2/c1-13-4-2-5-15(8-7-13)18-11-16-10-14(12-20-16)17-6-3-9-19-17/h3,6,9-10,12-13,15,18H,2,4-5,7-8,11H2,1H3. The molecule has 2 aromatic heterocycles. The minimum absolute atomic E-state index is 0.729. The van der Waals surface area contributed by atoms with Gasteiger partial charge in [-0.15, -0.1) is 22.7 Å². The Balaban J connectivity index is 1.53. The van der Waals surface area contributed by atoms with E-state index in [1.54, 1.807) is 0 Å². The second-order valence-electron chi connectivity index (χ2n) is 5.97. The van der Waals surface area contributed by atoms with Crippen molar-refractivity contribution < 1.29 is 0 Å². The van der Waals surface area contributed by atoms with Gasteiger partial charge in [-0.1, -0.05) is 25.8 Å². The summed E-state index contributed by atoms with van der Waals surface area (Å²) in [5.74, 6) is 0.925. The number of nitrogens with one attached hydrogen (secondary N) is 1. The molecule has 2 aromatic rings. The monoisotopic (exact) mass is 305 g/mol. The third kappa shape index (κ3) is 3.72. The van der Waals surface area contributed by atoms with E-state index >= 15 is 0 Å². The van der Waals surface area contributed by atoms with Crippen LogP contribution in [-0.2, 0) is 6.54 Å². The molecule has 1 fully saturated rings. The molecule has 108 valence electrons. The van der Waals surface area contributed by atoms with Gasteiger partial charge in [-0.25, -0.2) is 0 Å². The van der Waals surface area contributed by atoms with Gasteiger partial charge in [0.1, 0.15) is 0 Å². The Bertz CT molecular complexity index is 515. The van der Waals surface area contributed by atoms with E-state index in [0.717, 1.165) is 18.5 Å². The molecule has 1 N–H and O–H groups in total. The molecule has 0 spiro atoms. The fourth-order valence-corrected chi connectivity index (χ4v) is 4.61. The summed E-state index contributed by atoms with van der Waals surface area (Å²) in [4.78, 5) is 2.85. The Morgan fingerprint density at radius 1 is 1.20 bits per heavy atom. The third-order valence-electron chi connectivity index (χ3n) is 4.28. The first-order valence-electron chi connectivity index (χ1n) is 7.66. The van der Waals surface area contributed by atoms with Crippen molar-refractivity contribution in [3.63, 3.8) is 0 Å². The smallest absolute Gasteiger partial charge is 0.0351 e.